The van der Waals surface area contributed by atoms with Crippen molar-refractivity contribution in [3.05, 3.63) is 29.8 Å². The first-order valence-electron chi connectivity index (χ1n) is 10.5. The number of anilines is 1. The van der Waals surface area contributed by atoms with Crippen molar-refractivity contribution >= 4 is 29.9 Å². The van der Waals surface area contributed by atoms with Gasteiger partial charge in [-0.15, -0.1) is 12.4 Å². The lowest BCUT2D eigenvalue weighted by atomic mass is 9.88. The van der Waals surface area contributed by atoms with Gasteiger partial charge in [-0.25, -0.2) is 0 Å². The van der Waals surface area contributed by atoms with Crippen LogP contribution in [0.15, 0.2) is 24.3 Å². The van der Waals surface area contributed by atoms with E-state index in [1.54, 1.807) is 0 Å². The fourth-order valence-electron chi connectivity index (χ4n) is 4.88. The SMILES string of the molecule is Cl.O=C(Nc1cccc(CNC(=O)C2CC23CCNCC3)c1)C1CCCCC1. The van der Waals surface area contributed by atoms with E-state index < -0.39 is 0 Å². The second kappa shape index (κ2) is 9.27. The molecule has 1 saturated heterocycles. The molecule has 3 aliphatic rings. The largest absolute Gasteiger partial charge is 0.352 e. The van der Waals surface area contributed by atoms with E-state index in [1.807, 2.05) is 24.3 Å². The van der Waals surface area contributed by atoms with E-state index in [2.05, 4.69) is 16.0 Å². The van der Waals surface area contributed by atoms with Gasteiger partial charge in [0.1, 0.15) is 0 Å². The van der Waals surface area contributed by atoms with Crippen LogP contribution in [0.3, 0.4) is 0 Å². The van der Waals surface area contributed by atoms with Gasteiger partial charge in [0.05, 0.1) is 0 Å². The monoisotopic (exact) mass is 405 g/mol. The smallest absolute Gasteiger partial charge is 0.227 e. The second-order valence-electron chi connectivity index (χ2n) is 8.61. The Morgan fingerprint density at radius 2 is 1.82 bits per heavy atom. The molecule has 1 aliphatic heterocycles. The van der Waals surface area contributed by atoms with Crippen LogP contribution in [0.25, 0.3) is 0 Å². The third-order valence-electron chi connectivity index (χ3n) is 6.74. The van der Waals surface area contributed by atoms with Gasteiger partial charge in [-0.05, 0) is 68.3 Å². The molecular weight excluding hydrogens is 374 g/mol. The zero-order valence-electron chi connectivity index (χ0n) is 16.5. The minimum atomic E-state index is 0. The van der Waals surface area contributed by atoms with Crippen molar-refractivity contribution in [2.45, 2.75) is 57.9 Å². The number of carbonyl (C=O) groups is 2. The molecule has 154 valence electrons. The minimum absolute atomic E-state index is 0. The van der Waals surface area contributed by atoms with Crippen LogP contribution < -0.4 is 16.0 Å². The molecule has 0 radical (unpaired) electrons. The Balaban J connectivity index is 0.00000225. The van der Waals surface area contributed by atoms with E-state index in [1.165, 1.54) is 6.42 Å². The highest BCUT2D eigenvalue weighted by Gasteiger charge is 2.57. The fraction of sp³-hybridized carbons (Fsp3) is 0.636. The standard InChI is InChI=1S/C22H31N3O2.ClH/c26-20(17-6-2-1-3-7-17)25-18-8-4-5-16(13-18)15-24-21(27)19-14-22(19)9-11-23-12-10-22;/h4-5,8,13,17,19,23H,1-3,6-7,9-12,14-15H2,(H,24,27)(H,25,26);1H. The van der Waals surface area contributed by atoms with Crippen LogP contribution in [-0.2, 0) is 16.1 Å². The van der Waals surface area contributed by atoms with Gasteiger partial charge in [0.15, 0.2) is 0 Å². The maximum absolute atomic E-state index is 12.5. The Hall–Kier alpha value is -1.59. The summed E-state index contributed by atoms with van der Waals surface area (Å²) in [5.41, 5.74) is 2.13. The van der Waals surface area contributed by atoms with E-state index in [9.17, 15) is 9.59 Å². The van der Waals surface area contributed by atoms with Crippen molar-refractivity contribution in [2.24, 2.45) is 17.3 Å². The number of amides is 2. The molecule has 1 unspecified atom stereocenters. The normalized spacial score (nSPS) is 23.5. The van der Waals surface area contributed by atoms with Crippen LogP contribution in [0.5, 0.6) is 0 Å². The minimum Gasteiger partial charge on any atom is -0.352 e. The molecule has 2 aliphatic carbocycles. The van der Waals surface area contributed by atoms with E-state index in [0.717, 1.165) is 69.3 Å². The Kier molecular flexibility index (Phi) is 7.00. The molecule has 3 N–H and O–H groups in total. The first-order valence-corrected chi connectivity index (χ1v) is 10.5. The lowest BCUT2D eigenvalue weighted by Crippen LogP contribution is -2.33. The molecule has 0 aromatic heterocycles. The molecule has 2 saturated carbocycles. The molecule has 5 nitrogen and oxygen atoms in total. The van der Waals surface area contributed by atoms with Crippen LogP contribution in [0.2, 0.25) is 0 Å². The number of nitrogens with one attached hydrogen (secondary N) is 3. The fourth-order valence-corrected chi connectivity index (χ4v) is 4.88. The van der Waals surface area contributed by atoms with Crippen molar-refractivity contribution in [3.63, 3.8) is 0 Å². The summed E-state index contributed by atoms with van der Waals surface area (Å²) in [7, 11) is 0. The molecule has 1 spiro atoms. The molecule has 4 rings (SSSR count). The molecule has 3 fully saturated rings. The van der Waals surface area contributed by atoms with Crippen molar-refractivity contribution in [2.75, 3.05) is 18.4 Å². The highest BCUT2D eigenvalue weighted by atomic mass is 35.5. The molecule has 0 bridgehead atoms. The van der Waals surface area contributed by atoms with Crippen molar-refractivity contribution < 1.29 is 9.59 Å². The van der Waals surface area contributed by atoms with Crippen molar-refractivity contribution in [1.29, 1.82) is 0 Å². The maximum atomic E-state index is 12.5. The molecule has 1 aromatic rings. The van der Waals surface area contributed by atoms with Gasteiger partial charge in [-0.2, -0.15) is 0 Å². The quantitative estimate of drug-likeness (QED) is 0.700. The first-order chi connectivity index (χ1) is 13.2. The van der Waals surface area contributed by atoms with Gasteiger partial charge < -0.3 is 16.0 Å². The molecule has 2 amide bonds. The number of benzene rings is 1. The summed E-state index contributed by atoms with van der Waals surface area (Å²) in [4.78, 5) is 24.9. The molecular formula is C22H32ClN3O2. The third-order valence-corrected chi connectivity index (χ3v) is 6.74. The predicted molar refractivity (Wildman–Crippen MR) is 113 cm³/mol. The Labute approximate surface area is 173 Å². The molecule has 6 heteroatoms. The Morgan fingerprint density at radius 1 is 1.07 bits per heavy atom. The summed E-state index contributed by atoms with van der Waals surface area (Å²) in [5, 5.41) is 9.54. The highest BCUT2D eigenvalue weighted by Crippen LogP contribution is 2.58. The molecule has 1 heterocycles. The van der Waals surface area contributed by atoms with Crippen LogP contribution in [-0.4, -0.2) is 24.9 Å². The molecule has 28 heavy (non-hydrogen) atoms. The summed E-state index contributed by atoms with van der Waals surface area (Å²) < 4.78 is 0. The topological polar surface area (TPSA) is 70.2 Å². The van der Waals surface area contributed by atoms with E-state index in [0.29, 0.717) is 6.54 Å². The Morgan fingerprint density at radius 3 is 2.57 bits per heavy atom. The van der Waals surface area contributed by atoms with Gasteiger partial charge in [0, 0.05) is 24.1 Å². The number of hydrogen-bond acceptors (Lipinski definition) is 3. The second-order valence-corrected chi connectivity index (χ2v) is 8.61. The zero-order valence-corrected chi connectivity index (χ0v) is 17.3. The number of hydrogen-bond donors (Lipinski definition) is 3. The van der Waals surface area contributed by atoms with E-state index in [-0.39, 0.29) is 41.5 Å². The van der Waals surface area contributed by atoms with Crippen LogP contribution in [0.4, 0.5) is 5.69 Å². The maximum Gasteiger partial charge on any atom is 0.227 e. The summed E-state index contributed by atoms with van der Waals surface area (Å²) in [6.45, 7) is 2.59. The number of piperidine rings is 1. The highest BCUT2D eigenvalue weighted by molar-refractivity contribution is 5.92. The van der Waals surface area contributed by atoms with Gasteiger partial charge in [-0.3, -0.25) is 9.59 Å². The number of carbonyl (C=O) groups excluding carboxylic acids is 2. The van der Waals surface area contributed by atoms with Gasteiger partial charge in [0.2, 0.25) is 11.8 Å². The summed E-state index contributed by atoms with van der Waals surface area (Å²) >= 11 is 0. The van der Waals surface area contributed by atoms with E-state index in [4.69, 9.17) is 0 Å². The summed E-state index contributed by atoms with van der Waals surface area (Å²) in [6, 6.07) is 7.86. The van der Waals surface area contributed by atoms with Crippen molar-refractivity contribution in [3.8, 4) is 0 Å². The summed E-state index contributed by atoms with van der Waals surface area (Å²) in [6.07, 6.45) is 8.84. The average Bonchev–Trinajstić information content (AvgIpc) is 3.40. The number of halogens is 1. The zero-order chi connectivity index (χ0) is 18.7. The lowest BCUT2D eigenvalue weighted by Gasteiger charge is -2.23. The lowest BCUT2D eigenvalue weighted by molar-refractivity contribution is -0.123. The molecule has 1 aromatic carbocycles. The van der Waals surface area contributed by atoms with Crippen molar-refractivity contribution in [1.82, 2.24) is 10.6 Å². The number of rotatable bonds is 5. The van der Waals surface area contributed by atoms with Crippen LogP contribution in [0, 0.1) is 17.3 Å². The molecule has 1 atom stereocenters. The van der Waals surface area contributed by atoms with Gasteiger partial charge in [-0.1, -0.05) is 31.4 Å². The van der Waals surface area contributed by atoms with E-state index >= 15 is 0 Å². The first kappa shape index (κ1) is 21.1. The van der Waals surface area contributed by atoms with Gasteiger partial charge in [0.25, 0.3) is 0 Å². The van der Waals surface area contributed by atoms with Crippen LogP contribution in [0.1, 0.15) is 56.9 Å². The van der Waals surface area contributed by atoms with Crippen LogP contribution >= 0.6 is 12.4 Å². The average molecular weight is 406 g/mol. The van der Waals surface area contributed by atoms with Gasteiger partial charge >= 0.3 is 0 Å². The Bertz CT molecular complexity index is 697. The summed E-state index contributed by atoms with van der Waals surface area (Å²) in [5.74, 6) is 0.669. The third kappa shape index (κ3) is 4.87. The predicted octanol–water partition coefficient (Wildman–Crippen LogP) is 3.63.